The van der Waals surface area contributed by atoms with Gasteiger partial charge in [-0.3, -0.25) is 15.6 Å². The molecular formula is C16H17FN4O3S2. The van der Waals surface area contributed by atoms with E-state index in [2.05, 4.69) is 20.9 Å². The normalized spacial score (nSPS) is 10.8. The molecule has 0 bridgehead atoms. The number of hydrogen-bond acceptors (Lipinski definition) is 4. The lowest BCUT2D eigenvalue weighted by Crippen LogP contribution is -2.44. The van der Waals surface area contributed by atoms with Crippen LogP contribution in [0.3, 0.4) is 0 Å². The summed E-state index contributed by atoms with van der Waals surface area (Å²) in [5, 5.41) is 2.86. The number of halogens is 1. The molecule has 2 aromatic rings. The molecule has 7 nitrogen and oxygen atoms in total. The van der Waals surface area contributed by atoms with Crippen molar-refractivity contribution in [3.63, 3.8) is 0 Å². The summed E-state index contributed by atoms with van der Waals surface area (Å²) in [5.41, 5.74) is 5.36. The van der Waals surface area contributed by atoms with Crippen LogP contribution in [0.2, 0.25) is 0 Å². The zero-order valence-electron chi connectivity index (χ0n) is 13.5. The Morgan fingerprint density at radius 3 is 2.31 bits per heavy atom. The molecule has 1 amide bonds. The standard InChI is InChI=1S/C16H17FN4O3S2/c17-12-6-8-13(9-7-12)19-16(25)21-20-15(22)10-11-18-26(23,24)14-4-2-1-3-5-14/h1-9,18H,10-11H2,(H,20,22)(H2,19,21,25). The van der Waals surface area contributed by atoms with E-state index < -0.39 is 15.9 Å². The number of sulfonamides is 1. The molecule has 0 unspecified atom stereocenters. The minimum Gasteiger partial charge on any atom is -0.331 e. The van der Waals surface area contributed by atoms with Gasteiger partial charge in [0.15, 0.2) is 5.11 Å². The van der Waals surface area contributed by atoms with Crippen molar-refractivity contribution in [2.45, 2.75) is 11.3 Å². The Morgan fingerprint density at radius 2 is 1.65 bits per heavy atom. The fourth-order valence-corrected chi connectivity index (χ4v) is 3.09. The first-order valence-electron chi connectivity index (χ1n) is 7.53. The molecule has 0 heterocycles. The van der Waals surface area contributed by atoms with Crippen LogP contribution < -0.4 is 20.9 Å². The minimum absolute atomic E-state index is 0.0666. The Morgan fingerprint density at radius 1 is 1.00 bits per heavy atom. The lowest BCUT2D eigenvalue weighted by molar-refractivity contribution is -0.121. The molecule has 26 heavy (non-hydrogen) atoms. The van der Waals surface area contributed by atoms with E-state index in [9.17, 15) is 17.6 Å². The summed E-state index contributed by atoms with van der Waals surface area (Å²) in [5.74, 6) is -0.829. The minimum atomic E-state index is -3.65. The molecule has 10 heteroatoms. The van der Waals surface area contributed by atoms with Gasteiger partial charge in [0.2, 0.25) is 15.9 Å². The van der Waals surface area contributed by atoms with Crippen LogP contribution in [0.5, 0.6) is 0 Å². The van der Waals surface area contributed by atoms with E-state index in [1.54, 1.807) is 18.2 Å². The van der Waals surface area contributed by atoms with Crippen molar-refractivity contribution in [3.05, 3.63) is 60.4 Å². The summed E-state index contributed by atoms with van der Waals surface area (Å²) in [4.78, 5) is 11.8. The largest absolute Gasteiger partial charge is 0.331 e. The Bertz CT molecular complexity index is 859. The van der Waals surface area contributed by atoms with Gasteiger partial charge in [-0.1, -0.05) is 18.2 Å². The quantitative estimate of drug-likeness (QED) is 0.436. The van der Waals surface area contributed by atoms with Crippen molar-refractivity contribution in [2.75, 3.05) is 11.9 Å². The van der Waals surface area contributed by atoms with Crippen molar-refractivity contribution in [1.29, 1.82) is 0 Å². The molecule has 0 radical (unpaired) electrons. The summed E-state index contributed by atoms with van der Waals surface area (Å²) >= 11 is 4.98. The van der Waals surface area contributed by atoms with Gasteiger partial charge in [0.25, 0.3) is 0 Å². The third-order valence-electron chi connectivity index (χ3n) is 3.12. The number of hydrazine groups is 1. The smallest absolute Gasteiger partial charge is 0.240 e. The lowest BCUT2D eigenvalue weighted by Gasteiger charge is -2.12. The highest BCUT2D eigenvalue weighted by atomic mass is 32.2. The molecule has 0 fully saturated rings. The van der Waals surface area contributed by atoms with Gasteiger partial charge in [-0.15, -0.1) is 0 Å². The monoisotopic (exact) mass is 396 g/mol. The van der Waals surface area contributed by atoms with E-state index in [-0.39, 0.29) is 28.8 Å². The summed E-state index contributed by atoms with van der Waals surface area (Å²) in [6, 6.07) is 13.4. The molecule has 0 aliphatic rings. The number of carbonyl (C=O) groups is 1. The predicted octanol–water partition coefficient (Wildman–Crippen LogP) is 1.51. The first kappa shape index (κ1) is 19.8. The molecule has 2 rings (SSSR count). The second-order valence-electron chi connectivity index (χ2n) is 5.10. The van der Waals surface area contributed by atoms with Gasteiger partial charge in [0.1, 0.15) is 5.82 Å². The molecule has 138 valence electrons. The topological polar surface area (TPSA) is 99.3 Å². The molecule has 2 aromatic carbocycles. The molecule has 0 aliphatic heterocycles. The number of thiocarbonyl (C=S) groups is 1. The van der Waals surface area contributed by atoms with Crippen molar-refractivity contribution in [3.8, 4) is 0 Å². The second-order valence-corrected chi connectivity index (χ2v) is 7.27. The zero-order valence-corrected chi connectivity index (χ0v) is 15.2. The molecule has 0 saturated carbocycles. The van der Waals surface area contributed by atoms with E-state index in [4.69, 9.17) is 12.2 Å². The fraction of sp³-hybridized carbons (Fsp3) is 0.125. The summed E-state index contributed by atoms with van der Waals surface area (Å²) < 4.78 is 39.1. The van der Waals surface area contributed by atoms with Crippen LogP contribution >= 0.6 is 12.2 Å². The number of anilines is 1. The van der Waals surface area contributed by atoms with Gasteiger partial charge in [-0.05, 0) is 48.6 Å². The summed E-state index contributed by atoms with van der Waals surface area (Å²) in [7, 11) is -3.65. The van der Waals surface area contributed by atoms with Gasteiger partial charge in [-0.25, -0.2) is 17.5 Å². The van der Waals surface area contributed by atoms with Gasteiger partial charge >= 0.3 is 0 Å². The number of nitrogens with one attached hydrogen (secondary N) is 4. The van der Waals surface area contributed by atoms with E-state index >= 15 is 0 Å². The average Bonchev–Trinajstić information content (AvgIpc) is 2.62. The fourth-order valence-electron chi connectivity index (χ4n) is 1.87. The van der Waals surface area contributed by atoms with Crippen LogP contribution in [0.4, 0.5) is 10.1 Å². The van der Waals surface area contributed by atoms with Gasteiger partial charge < -0.3 is 5.32 Å². The second kappa shape index (κ2) is 9.22. The van der Waals surface area contributed by atoms with Crippen LogP contribution in [0.15, 0.2) is 59.5 Å². The van der Waals surface area contributed by atoms with Gasteiger partial charge in [0, 0.05) is 18.7 Å². The van der Waals surface area contributed by atoms with Crippen LogP contribution in [-0.4, -0.2) is 26.0 Å². The maximum absolute atomic E-state index is 12.8. The predicted molar refractivity (Wildman–Crippen MR) is 100 cm³/mol. The molecule has 0 atom stereocenters. The number of benzene rings is 2. The third kappa shape index (κ3) is 6.39. The molecule has 0 saturated heterocycles. The summed E-state index contributed by atoms with van der Waals surface area (Å²) in [6.07, 6.45) is -0.0851. The number of amides is 1. The van der Waals surface area contributed by atoms with E-state index in [1.165, 1.54) is 36.4 Å². The highest BCUT2D eigenvalue weighted by Gasteiger charge is 2.13. The third-order valence-corrected chi connectivity index (χ3v) is 4.80. The lowest BCUT2D eigenvalue weighted by atomic mass is 10.3. The highest BCUT2D eigenvalue weighted by Crippen LogP contribution is 2.08. The Balaban J connectivity index is 1.70. The van der Waals surface area contributed by atoms with E-state index in [1.807, 2.05) is 0 Å². The molecule has 0 spiro atoms. The molecular weight excluding hydrogens is 379 g/mol. The average molecular weight is 396 g/mol. The number of carbonyl (C=O) groups excluding carboxylic acids is 1. The van der Waals surface area contributed by atoms with Crippen LogP contribution in [0.25, 0.3) is 0 Å². The van der Waals surface area contributed by atoms with Gasteiger partial charge in [0.05, 0.1) is 4.90 Å². The Hall–Kier alpha value is -2.56. The molecule has 4 N–H and O–H groups in total. The number of hydrogen-bond donors (Lipinski definition) is 4. The maximum Gasteiger partial charge on any atom is 0.240 e. The van der Waals surface area contributed by atoms with Crippen molar-refractivity contribution < 1.29 is 17.6 Å². The zero-order chi connectivity index (χ0) is 19.0. The first-order valence-corrected chi connectivity index (χ1v) is 9.42. The highest BCUT2D eigenvalue weighted by molar-refractivity contribution is 7.89. The SMILES string of the molecule is O=C(CCNS(=O)(=O)c1ccccc1)NNC(=S)Nc1ccc(F)cc1. The Kier molecular flexibility index (Phi) is 7.01. The molecule has 0 aromatic heterocycles. The Labute approximate surface area is 156 Å². The van der Waals surface area contributed by atoms with Crippen LogP contribution in [-0.2, 0) is 14.8 Å². The first-order chi connectivity index (χ1) is 12.4. The van der Waals surface area contributed by atoms with E-state index in [0.717, 1.165) is 0 Å². The van der Waals surface area contributed by atoms with Crippen LogP contribution in [0.1, 0.15) is 6.42 Å². The van der Waals surface area contributed by atoms with Crippen molar-refractivity contribution >= 4 is 38.9 Å². The van der Waals surface area contributed by atoms with Gasteiger partial charge in [-0.2, -0.15) is 0 Å². The van der Waals surface area contributed by atoms with Crippen molar-refractivity contribution in [2.24, 2.45) is 0 Å². The summed E-state index contributed by atoms with van der Waals surface area (Å²) in [6.45, 7) is -0.0666. The number of rotatable bonds is 6. The molecule has 0 aliphatic carbocycles. The van der Waals surface area contributed by atoms with Crippen LogP contribution in [0, 0.1) is 5.82 Å². The van der Waals surface area contributed by atoms with E-state index in [0.29, 0.717) is 5.69 Å². The van der Waals surface area contributed by atoms with Crippen molar-refractivity contribution in [1.82, 2.24) is 15.6 Å². The maximum atomic E-state index is 12.8.